The van der Waals surface area contributed by atoms with Crippen molar-refractivity contribution in [1.82, 2.24) is 4.31 Å². The zero-order valence-corrected chi connectivity index (χ0v) is 12.3. The van der Waals surface area contributed by atoms with Crippen LogP contribution in [-0.2, 0) is 14.8 Å². The van der Waals surface area contributed by atoms with Gasteiger partial charge in [-0.05, 0) is 19.1 Å². The van der Waals surface area contributed by atoms with Gasteiger partial charge in [-0.15, -0.1) is 0 Å². The van der Waals surface area contributed by atoms with Gasteiger partial charge in [-0.25, -0.2) is 22.0 Å². The highest BCUT2D eigenvalue weighted by atomic mass is 32.2. The second kappa shape index (κ2) is 6.92. The van der Waals surface area contributed by atoms with Gasteiger partial charge in [0.05, 0.1) is 6.61 Å². The fraction of sp³-hybridized carbons (Fsp3) is 0.417. The van der Waals surface area contributed by atoms with Gasteiger partial charge in [0.25, 0.3) is 0 Å². The molecule has 0 radical (unpaired) electrons. The van der Waals surface area contributed by atoms with E-state index in [0.29, 0.717) is 18.7 Å². The Balaban J connectivity index is 3.20. The van der Waals surface area contributed by atoms with Gasteiger partial charge >= 0.3 is 5.97 Å². The summed E-state index contributed by atoms with van der Waals surface area (Å²) in [5.41, 5.74) is -1.30. The molecular formula is C12H15F2NO5S. The van der Waals surface area contributed by atoms with Gasteiger partial charge < -0.3 is 9.84 Å². The second-order valence-electron chi connectivity index (χ2n) is 4.06. The minimum atomic E-state index is -4.27. The van der Waals surface area contributed by atoms with E-state index in [1.807, 2.05) is 0 Å². The van der Waals surface area contributed by atoms with Crippen LogP contribution in [0.2, 0.25) is 0 Å². The Morgan fingerprint density at radius 2 is 2.00 bits per heavy atom. The lowest BCUT2D eigenvalue weighted by atomic mass is 10.2. The van der Waals surface area contributed by atoms with Crippen molar-refractivity contribution in [2.24, 2.45) is 0 Å². The summed E-state index contributed by atoms with van der Waals surface area (Å²) in [5.74, 6) is -4.83. The van der Waals surface area contributed by atoms with Gasteiger partial charge in [-0.3, -0.25) is 0 Å². The maximum absolute atomic E-state index is 14.0. The molecule has 1 aromatic carbocycles. The van der Waals surface area contributed by atoms with Crippen molar-refractivity contribution in [3.05, 3.63) is 29.3 Å². The van der Waals surface area contributed by atoms with E-state index in [1.165, 1.54) is 7.05 Å². The monoisotopic (exact) mass is 323 g/mol. The topological polar surface area (TPSA) is 83.9 Å². The Bertz CT molecular complexity index is 633. The minimum Gasteiger partial charge on any atom is -0.477 e. The highest BCUT2D eigenvalue weighted by Crippen LogP contribution is 2.23. The molecule has 0 unspecified atom stereocenters. The van der Waals surface area contributed by atoms with Crippen LogP contribution < -0.4 is 0 Å². The van der Waals surface area contributed by atoms with E-state index < -0.39 is 38.1 Å². The van der Waals surface area contributed by atoms with Crippen molar-refractivity contribution >= 4 is 16.0 Å². The summed E-state index contributed by atoms with van der Waals surface area (Å²) in [7, 11) is -3.08. The molecule has 0 spiro atoms. The number of aromatic carboxylic acids is 1. The van der Waals surface area contributed by atoms with E-state index in [-0.39, 0.29) is 13.2 Å². The molecule has 1 aromatic rings. The molecule has 1 N–H and O–H groups in total. The van der Waals surface area contributed by atoms with Crippen LogP contribution in [0.4, 0.5) is 8.78 Å². The summed E-state index contributed by atoms with van der Waals surface area (Å²) >= 11 is 0. The van der Waals surface area contributed by atoms with E-state index in [1.54, 1.807) is 6.92 Å². The Labute approximate surface area is 121 Å². The van der Waals surface area contributed by atoms with Crippen molar-refractivity contribution in [2.45, 2.75) is 11.8 Å². The number of carboxylic acid groups (broad SMARTS) is 1. The molecule has 0 saturated heterocycles. The molecule has 0 saturated carbocycles. The van der Waals surface area contributed by atoms with E-state index in [0.717, 1.165) is 4.31 Å². The van der Waals surface area contributed by atoms with Crippen LogP contribution in [0.5, 0.6) is 0 Å². The summed E-state index contributed by atoms with van der Waals surface area (Å²) in [6.07, 6.45) is 0. The summed E-state index contributed by atoms with van der Waals surface area (Å²) < 4.78 is 57.3. The van der Waals surface area contributed by atoms with Crippen molar-refractivity contribution in [3.8, 4) is 0 Å². The molecule has 118 valence electrons. The van der Waals surface area contributed by atoms with Crippen LogP contribution in [0.1, 0.15) is 17.3 Å². The van der Waals surface area contributed by atoms with Crippen LogP contribution in [0.15, 0.2) is 17.0 Å². The average molecular weight is 323 g/mol. The largest absolute Gasteiger partial charge is 0.477 e. The Morgan fingerprint density at radius 1 is 1.38 bits per heavy atom. The molecule has 21 heavy (non-hydrogen) atoms. The zero-order chi connectivity index (χ0) is 16.2. The van der Waals surface area contributed by atoms with E-state index in [9.17, 15) is 22.0 Å². The quantitative estimate of drug-likeness (QED) is 0.765. The molecule has 0 heterocycles. The van der Waals surface area contributed by atoms with Crippen molar-refractivity contribution in [3.63, 3.8) is 0 Å². The first kappa shape index (κ1) is 17.5. The van der Waals surface area contributed by atoms with Crippen LogP contribution in [0, 0.1) is 11.6 Å². The van der Waals surface area contributed by atoms with Gasteiger partial charge in [-0.1, -0.05) is 0 Å². The molecule has 0 aliphatic carbocycles. The van der Waals surface area contributed by atoms with Crippen LogP contribution in [0.3, 0.4) is 0 Å². The lowest BCUT2D eigenvalue weighted by Gasteiger charge is -2.18. The first-order chi connectivity index (χ1) is 9.73. The molecule has 9 heteroatoms. The number of benzene rings is 1. The summed E-state index contributed by atoms with van der Waals surface area (Å²) in [4.78, 5) is 9.91. The van der Waals surface area contributed by atoms with Gasteiger partial charge in [0.2, 0.25) is 10.0 Å². The third-order valence-corrected chi connectivity index (χ3v) is 4.59. The molecule has 0 amide bonds. The lowest BCUT2D eigenvalue weighted by molar-refractivity contribution is 0.0685. The summed E-state index contributed by atoms with van der Waals surface area (Å²) in [6, 6.07) is 1.30. The number of ether oxygens (including phenoxy) is 1. The molecular weight excluding hydrogens is 308 g/mol. The number of hydrogen-bond donors (Lipinski definition) is 1. The molecule has 1 rings (SSSR count). The van der Waals surface area contributed by atoms with Gasteiger partial charge in [0.15, 0.2) is 5.82 Å². The molecule has 0 aromatic heterocycles. The first-order valence-corrected chi connectivity index (χ1v) is 7.42. The third-order valence-electron chi connectivity index (χ3n) is 2.71. The Kier molecular flexibility index (Phi) is 5.76. The minimum absolute atomic E-state index is 0.0462. The molecule has 0 fully saturated rings. The summed E-state index contributed by atoms with van der Waals surface area (Å²) in [5, 5.41) is 8.74. The number of hydrogen-bond acceptors (Lipinski definition) is 4. The number of nitrogens with zero attached hydrogens (tertiary/aromatic N) is 1. The number of rotatable bonds is 7. The SMILES string of the molecule is CCOCCN(C)S(=O)(=O)c1ccc(F)c(C(=O)O)c1F. The van der Waals surface area contributed by atoms with E-state index in [4.69, 9.17) is 9.84 Å². The standard InChI is InChI=1S/C12H15F2NO5S/c1-3-20-7-6-15(2)21(18,19)9-5-4-8(13)10(11(9)14)12(16)17/h4-5H,3,6-7H2,1-2H3,(H,16,17). The second-order valence-corrected chi connectivity index (χ2v) is 6.08. The van der Waals surface area contributed by atoms with Crippen LogP contribution in [-0.4, -0.2) is 50.6 Å². The molecule has 0 bridgehead atoms. The fourth-order valence-corrected chi connectivity index (χ4v) is 2.77. The smallest absolute Gasteiger partial charge is 0.341 e. The molecule has 0 aliphatic rings. The maximum atomic E-state index is 14.0. The number of carboxylic acids is 1. The molecule has 0 atom stereocenters. The number of sulfonamides is 1. The Morgan fingerprint density at radius 3 is 2.52 bits per heavy atom. The average Bonchev–Trinajstić information content (AvgIpc) is 2.38. The summed E-state index contributed by atoms with van der Waals surface area (Å²) in [6.45, 7) is 2.17. The Hall–Kier alpha value is -1.58. The maximum Gasteiger partial charge on any atom is 0.341 e. The van der Waals surface area contributed by atoms with E-state index >= 15 is 0 Å². The van der Waals surface area contributed by atoms with Crippen LogP contribution >= 0.6 is 0 Å². The number of halogens is 2. The highest BCUT2D eigenvalue weighted by molar-refractivity contribution is 7.89. The van der Waals surface area contributed by atoms with Gasteiger partial charge in [-0.2, -0.15) is 4.31 Å². The van der Waals surface area contributed by atoms with E-state index in [2.05, 4.69) is 0 Å². The van der Waals surface area contributed by atoms with Gasteiger partial charge in [0.1, 0.15) is 16.3 Å². The predicted molar refractivity (Wildman–Crippen MR) is 69.6 cm³/mol. The molecule has 6 nitrogen and oxygen atoms in total. The normalized spacial score (nSPS) is 11.9. The van der Waals surface area contributed by atoms with Crippen molar-refractivity contribution < 1.29 is 31.8 Å². The zero-order valence-electron chi connectivity index (χ0n) is 11.5. The van der Waals surface area contributed by atoms with Crippen molar-refractivity contribution in [2.75, 3.05) is 26.8 Å². The van der Waals surface area contributed by atoms with Crippen molar-refractivity contribution in [1.29, 1.82) is 0 Å². The number of likely N-dealkylation sites (N-methyl/N-ethyl adjacent to an activating group) is 1. The molecule has 0 aliphatic heterocycles. The predicted octanol–water partition coefficient (Wildman–Crippen LogP) is 1.32. The third kappa shape index (κ3) is 3.74. The highest BCUT2D eigenvalue weighted by Gasteiger charge is 2.29. The lowest BCUT2D eigenvalue weighted by Crippen LogP contribution is -2.31. The van der Waals surface area contributed by atoms with Gasteiger partial charge in [0, 0.05) is 20.2 Å². The first-order valence-electron chi connectivity index (χ1n) is 5.98. The number of carbonyl (C=O) groups is 1. The van der Waals surface area contributed by atoms with Crippen LogP contribution in [0.25, 0.3) is 0 Å². The fourth-order valence-electron chi connectivity index (χ4n) is 1.55.